The molecule has 196 valence electrons. The summed E-state index contributed by atoms with van der Waals surface area (Å²) in [5.41, 5.74) is 3.04. The highest BCUT2D eigenvalue weighted by molar-refractivity contribution is 7.99. The first-order valence-corrected chi connectivity index (χ1v) is 14.6. The van der Waals surface area contributed by atoms with Crippen LogP contribution in [0, 0.1) is 0 Å². The number of anilines is 1. The van der Waals surface area contributed by atoms with Crippen LogP contribution in [0.5, 0.6) is 0 Å². The minimum Gasteiger partial charge on any atom is -0.392 e. The zero-order valence-electron chi connectivity index (χ0n) is 20.4. The lowest BCUT2D eigenvalue weighted by atomic mass is 10.0. The Morgan fingerprint density at radius 2 is 1.55 bits per heavy atom. The molecule has 1 fully saturated rings. The molecule has 5 rings (SSSR count). The largest absolute Gasteiger partial charge is 0.392 e. The van der Waals surface area contributed by atoms with Gasteiger partial charge in [0.2, 0.25) is 0 Å². The number of nitrogens with zero attached hydrogens (tertiary/aromatic N) is 2. The molecule has 8 nitrogen and oxygen atoms in total. The fraction of sp³-hybridized carbons (Fsp3) is 0.214. The van der Waals surface area contributed by atoms with Crippen molar-refractivity contribution < 1.29 is 23.0 Å². The molecule has 0 amide bonds. The molecule has 2 heterocycles. The van der Waals surface area contributed by atoms with Gasteiger partial charge < -0.3 is 14.6 Å². The van der Waals surface area contributed by atoms with E-state index in [2.05, 4.69) is 14.7 Å². The highest BCUT2D eigenvalue weighted by Crippen LogP contribution is 2.39. The monoisotopic (exact) mass is 549 g/mol. The van der Waals surface area contributed by atoms with Crippen LogP contribution in [0.2, 0.25) is 0 Å². The summed E-state index contributed by atoms with van der Waals surface area (Å²) in [7, 11) is -3.69. The summed E-state index contributed by atoms with van der Waals surface area (Å²) in [5, 5.41) is 10.1. The molecule has 38 heavy (non-hydrogen) atoms. The van der Waals surface area contributed by atoms with Crippen molar-refractivity contribution in [3.8, 4) is 0 Å². The lowest BCUT2D eigenvalue weighted by Gasteiger charge is -2.36. The molecule has 0 spiro atoms. The first kappa shape index (κ1) is 26.3. The fourth-order valence-corrected chi connectivity index (χ4v) is 5.97. The SMILES string of the molecule is O=S(=O)(Nc1ccc(C2OC(CSc3ncccn3)CC(c3ccc(CO)cc3)O2)cc1)c1ccccc1. The van der Waals surface area contributed by atoms with Crippen molar-refractivity contribution in [2.24, 2.45) is 0 Å². The van der Waals surface area contributed by atoms with Crippen LogP contribution in [0.4, 0.5) is 5.69 Å². The van der Waals surface area contributed by atoms with E-state index in [4.69, 9.17) is 9.47 Å². The quantitative estimate of drug-likeness (QED) is 0.219. The van der Waals surface area contributed by atoms with Gasteiger partial charge in [-0.25, -0.2) is 18.4 Å². The van der Waals surface area contributed by atoms with E-state index in [-0.39, 0.29) is 23.7 Å². The van der Waals surface area contributed by atoms with Gasteiger partial charge in [0, 0.05) is 35.8 Å². The van der Waals surface area contributed by atoms with Crippen LogP contribution in [0.25, 0.3) is 0 Å². The average molecular weight is 550 g/mol. The second-order valence-corrected chi connectivity index (χ2v) is 11.4. The van der Waals surface area contributed by atoms with Crippen LogP contribution < -0.4 is 4.72 Å². The van der Waals surface area contributed by atoms with Crippen molar-refractivity contribution >= 4 is 27.5 Å². The van der Waals surface area contributed by atoms with E-state index in [9.17, 15) is 13.5 Å². The third-order valence-electron chi connectivity index (χ3n) is 6.04. The standard InChI is InChI=1S/C28H27N3O5S2/c32-18-20-7-9-21(10-8-20)26-17-24(19-37-28-29-15-4-16-30-28)35-27(36-26)22-11-13-23(14-12-22)31-38(33,34)25-5-2-1-3-6-25/h1-16,24,26-27,31-32H,17-19H2. The van der Waals surface area contributed by atoms with Crippen LogP contribution in [0.1, 0.15) is 35.5 Å². The molecule has 1 aromatic heterocycles. The second-order valence-electron chi connectivity index (χ2n) is 8.73. The van der Waals surface area contributed by atoms with E-state index in [1.807, 2.05) is 24.3 Å². The lowest BCUT2D eigenvalue weighted by molar-refractivity contribution is -0.245. The van der Waals surface area contributed by atoms with Gasteiger partial charge in [0.25, 0.3) is 10.0 Å². The number of rotatable bonds is 9. The van der Waals surface area contributed by atoms with E-state index in [1.165, 1.54) is 11.8 Å². The number of hydrogen-bond donors (Lipinski definition) is 2. The minimum absolute atomic E-state index is 0.0196. The normalized spacial score (nSPS) is 19.7. The van der Waals surface area contributed by atoms with Crippen molar-refractivity contribution in [1.82, 2.24) is 9.97 Å². The summed E-state index contributed by atoms with van der Waals surface area (Å²) in [5.74, 6) is 0.643. The Morgan fingerprint density at radius 3 is 2.24 bits per heavy atom. The van der Waals surface area contributed by atoms with Crippen LogP contribution in [-0.2, 0) is 26.1 Å². The first-order chi connectivity index (χ1) is 18.5. The van der Waals surface area contributed by atoms with Gasteiger partial charge in [0.05, 0.1) is 23.7 Å². The molecule has 3 unspecified atom stereocenters. The number of thioether (sulfide) groups is 1. The second kappa shape index (κ2) is 12.1. The Morgan fingerprint density at radius 1 is 0.868 bits per heavy atom. The van der Waals surface area contributed by atoms with Crippen molar-refractivity contribution in [2.45, 2.75) is 41.6 Å². The molecular formula is C28H27N3O5S2. The number of aliphatic hydroxyl groups excluding tert-OH is 1. The summed E-state index contributed by atoms with van der Waals surface area (Å²) >= 11 is 1.52. The van der Waals surface area contributed by atoms with Gasteiger partial charge in [0.15, 0.2) is 11.4 Å². The lowest BCUT2D eigenvalue weighted by Crippen LogP contribution is -2.31. The topological polar surface area (TPSA) is 111 Å². The predicted molar refractivity (Wildman–Crippen MR) is 145 cm³/mol. The number of aromatic nitrogens is 2. The molecule has 3 atom stereocenters. The van der Waals surface area contributed by atoms with Gasteiger partial charge in [-0.3, -0.25) is 4.72 Å². The van der Waals surface area contributed by atoms with Gasteiger partial charge in [-0.05, 0) is 41.5 Å². The molecule has 1 aliphatic heterocycles. The van der Waals surface area contributed by atoms with E-state index in [1.54, 1.807) is 73.1 Å². The fourth-order valence-electron chi connectivity index (χ4n) is 4.07. The molecular weight excluding hydrogens is 522 g/mol. The number of ether oxygens (including phenoxy) is 2. The number of benzene rings is 3. The van der Waals surface area contributed by atoms with Crippen molar-refractivity contribution in [2.75, 3.05) is 10.5 Å². The van der Waals surface area contributed by atoms with Crippen LogP contribution >= 0.6 is 11.8 Å². The predicted octanol–water partition coefficient (Wildman–Crippen LogP) is 5.11. The summed E-state index contributed by atoms with van der Waals surface area (Å²) in [6.45, 7) is -0.0196. The van der Waals surface area contributed by atoms with Crippen LogP contribution in [-0.4, -0.2) is 35.3 Å². The van der Waals surface area contributed by atoms with Crippen molar-refractivity contribution in [3.63, 3.8) is 0 Å². The first-order valence-electron chi connectivity index (χ1n) is 12.1. The maximum absolute atomic E-state index is 12.7. The van der Waals surface area contributed by atoms with Gasteiger partial charge in [-0.2, -0.15) is 0 Å². The highest BCUT2D eigenvalue weighted by Gasteiger charge is 2.32. The zero-order chi connectivity index (χ0) is 26.4. The van der Waals surface area contributed by atoms with Crippen LogP contribution in [0.15, 0.2) is 107 Å². The highest BCUT2D eigenvalue weighted by atomic mass is 32.2. The minimum atomic E-state index is -3.69. The Bertz CT molecular complexity index is 1420. The van der Waals surface area contributed by atoms with Gasteiger partial charge in [-0.1, -0.05) is 66.4 Å². The molecule has 1 saturated heterocycles. The zero-order valence-corrected chi connectivity index (χ0v) is 22.0. The Labute approximate surface area is 226 Å². The number of nitrogens with one attached hydrogen (secondary N) is 1. The summed E-state index contributed by atoms with van der Waals surface area (Å²) in [6.07, 6.45) is 3.06. The molecule has 0 saturated carbocycles. The maximum Gasteiger partial charge on any atom is 0.261 e. The summed E-state index contributed by atoms with van der Waals surface area (Å²) in [6, 6.07) is 24.7. The third kappa shape index (κ3) is 6.58. The molecule has 2 N–H and O–H groups in total. The van der Waals surface area contributed by atoms with Crippen molar-refractivity contribution in [1.29, 1.82) is 0 Å². The Balaban J connectivity index is 1.33. The molecule has 3 aromatic carbocycles. The molecule has 0 aliphatic carbocycles. The summed E-state index contributed by atoms with van der Waals surface area (Å²) in [4.78, 5) is 8.76. The Kier molecular flexibility index (Phi) is 8.35. The maximum atomic E-state index is 12.7. The van der Waals surface area contributed by atoms with E-state index < -0.39 is 16.3 Å². The van der Waals surface area contributed by atoms with Crippen molar-refractivity contribution in [3.05, 3.63) is 114 Å². The molecule has 1 aliphatic rings. The van der Waals surface area contributed by atoms with Gasteiger partial charge >= 0.3 is 0 Å². The Hall–Kier alpha value is -3.28. The van der Waals surface area contributed by atoms with Gasteiger partial charge in [0.1, 0.15) is 0 Å². The molecule has 0 bridgehead atoms. The number of sulfonamides is 1. The summed E-state index contributed by atoms with van der Waals surface area (Å²) < 4.78 is 40.6. The molecule has 0 radical (unpaired) electrons. The smallest absolute Gasteiger partial charge is 0.261 e. The van der Waals surface area contributed by atoms with Gasteiger partial charge in [-0.15, -0.1) is 0 Å². The van der Waals surface area contributed by atoms with E-state index in [0.29, 0.717) is 23.0 Å². The van der Waals surface area contributed by atoms with Crippen LogP contribution in [0.3, 0.4) is 0 Å². The number of hydrogen-bond acceptors (Lipinski definition) is 8. The molecule has 4 aromatic rings. The van der Waals surface area contributed by atoms with E-state index >= 15 is 0 Å². The van der Waals surface area contributed by atoms with E-state index in [0.717, 1.165) is 16.7 Å². The molecule has 10 heteroatoms. The third-order valence-corrected chi connectivity index (χ3v) is 8.45. The number of aliphatic hydroxyl groups is 1. The average Bonchev–Trinajstić information content (AvgIpc) is 2.97.